The summed E-state index contributed by atoms with van der Waals surface area (Å²) in [5, 5.41) is 0. The molecular formula is C10H12BrNO. The van der Waals surface area contributed by atoms with E-state index >= 15 is 0 Å². The number of alkyl halides is 1. The van der Waals surface area contributed by atoms with Crippen molar-refractivity contribution in [1.82, 2.24) is 0 Å². The maximum Gasteiger partial charge on any atom is 0.147 e. The lowest BCUT2D eigenvalue weighted by molar-refractivity contribution is -0.116. The molecule has 0 heterocycles. The number of nitrogen functional groups attached to an aromatic ring is 1. The van der Waals surface area contributed by atoms with Gasteiger partial charge in [0.1, 0.15) is 5.78 Å². The van der Waals surface area contributed by atoms with Crippen molar-refractivity contribution in [3.63, 3.8) is 0 Å². The third-order valence-electron chi connectivity index (χ3n) is 2.05. The summed E-state index contributed by atoms with van der Waals surface area (Å²) in [5.41, 5.74) is 8.37. The van der Waals surface area contributed by atoms with Gasteiger partial charge in [-0.25, -0.2) is 0 Å². The van der Waals surface area contributed by atoms with Crippen LogP contribution in [0.25, 0.3) is 0 Å². The number of carbonyl (C=O) groups excluding carboxylic acids is 1. The zero-order chi connectivity index (χ0) is 10.0. The molecule has 0 amide bonds. The summed E-state index contributed by atoms with van der Waals surface area (Å²) >= 11 is 3.33. The standard InChI is InChI=1S/C10H12BrNO/c1-6-8(10(11)7(2)13)4-3-5-9(6)12/h3-5,10H,12H2,1-2H3. The Bertz CT molecular complexity index is 336. The predicted molar refractivity (Wildman–Crippen MR) is 57.9 cm³/mol. The smallest absolute Gasteiger partial charge is 0.147 e. The molecule has 1 rings (SSSR count). The summed E-state index contributed by atoms with van der Waals surface area (Å²) in [4.78, 5) is 10.9. The van der Waals surface area contributed by atoms with E-state index in [0.717, 1.165) is 16.8 Å². The summed E-state index contributed by atoms with van der Waals surface area (Å²) in [6.07, 6.45) is 0. The van der Waals surface area contributed by atoms with Crippen LogP contribution in [0.5, 0.6) is 0 Å². The van der Waals surface area contributed by atoms with Gasteiger partial charge in [0.25, 0.3) is 0 Å². The molecule has 70 valence electrons. The van der Waals surface area contributed by atoms with Crippen LogP contribution < -0.4 is 5.73 Å². The molecule has 0 bridgehead atoms. The molecule has 1 aromatic rings. The van der Waals surface area contributed by atoms with Crippen molar-refractivity contribution < 1.29 is 4.79 Å². The van der Waals surface area contributed by atoms with Crippen molar-refractivity contribution in [2.24, 2.45) is 0 Å². The van der Waals surface area contributed by atoms with E-state index in [0.29, 0.717) is 0 Å². The van der Waals surface area contributed by atoms with E-state index in [2.05, 4.69) is 15.9 Å². The molecule has 1 unspecified atom stereocenters. The summed E-state index contributed by atoms with van der Waals surface area (Å²) in [6.45, 7) is 3.48. The average Bonchev–Trinajstić information content (AvgIpc) is 2.08. The highest BCUT2D eigenvalue weighted by atomic mass is 79.9. The lowest BCUT2D eigenvalue weighted by atomic mass is 10.0. The Kier molecular flexibility index (Phi) is 3.09. The highest BCUT2D eigenvalue weighted by Gasteiger charge is 2.15. The van der Waals surface area contributed by atoms with Crippen LogP contribution >= 0.6 is 15.9 Å². The summed E-state index contributed by atoms with van der Waals surface area (Å²) in [6, 6.07) is 5.60. The minimum Gasteiger partial charge on any atom is -0.399 e. The number of anilines is 1. The average molecular weight is 242 g/mol. The quantitative estimate of drug-likeness (QED) is 0.639. The maximum absolute atomic E-state index is 11.1. The highest BCUT2D eigenvalue weighted by molar-refractivity contribution is 9.09. The highest BCUT2D eigenvalue weighted by Crippen LogP contribution is 2.28. The summed E-state index contributed by atoms with van der Waals surface area (Å²) in [7, 11) is 0. The van der Waals surface area contributed by atoms with Crippen LogP contribution in [-0.4, -0.2) is 5.78 Å². The van der Waals surface area contributed by atoms with Crippen molar-refractivity contribution >= 4 is 27.4 Å². The maximum atomic E-state index is 11.1. The van der Waals surface area contributed by atoms with Crippen LogP contribution in [0, 0.1) is 6.92 Å². The molecule has 13 heavy (non-hydrogen) atoms. The topological polar surface area (TPSA) is 43.1 Å². The molecular weight excluding hydrogens is 230 g/mol. The van der Waals surface area contributed by atoms with Gasteiger partial charge in [0, 0.05) is 5.69 Å². The Hall–Kier alpha value is -0.830. The molecule has 0 aliphatic carbocycles. The SMILES string of the molecule is CC(=O)C(Br)c1cccc(N)c1C. The molecule has 2 N–H and O–H groups in total. The van der Waals surface area contributed by atoms with Crippen LogP contribution in [0.1, 0.15) is 22.9 Å². The first-order valence-electron chi connectivity index (χ1n) is 4.03. The molecule has 0 aromatic heterocycles. The van der Waals surface area contributed by atoms with Gasteiger partial charge in [0.15, 0.2) is 0 Å². The second kappa shape index (κ2) is 3.92. The van der Waals surface area contributed by atoms with Gasteiger partial charge in [-0.2, -0.15) is 0 Å². The largest absolute Gasteiger partial charge is 0.399 e. The fourth-order valence-corrected chi connectivity index (χ4v) is 1.66. The molecule has 0 saturated carbocycles. The summed E-state index contributed by atoms with van der Waals surface area (Å²) in [5.74, 6) is 0.0914. The van der Waals surface area contributed by atoms with Crippen molar-refractivity contribution in [2.75, 3.05) is 5.73 Å². The molecule has 0 aliphatic rings. The van der Waals surface area contributed by atoms with E-state index in [1.54, 1.807) is 6.92 Å². The molecule has 2 nitrogen and oxygen atoms in total. The van der Waals surface area contributed by atoms with E-state index in [9.17, 15) is 4.79 Å². The Morgan fingerprint density at radius 2 is 2.15 bits per heavy atom. The van der Waals surface area contributed by atoms with Crippen LogP contribution in [0.2, 0.25) is 0 Å². The number of ketones is 1. The zero-order valence-corrected chi connectivity index (χ0v) is 9.26. The van der Waals surface area contributed by atoms with Gasteiger partial charge in [-0.05, 0) is 31.0 Å². The van der Waals surface area contributed by atoms with Crippen LogP contribution in [0.15, 0.2) is 18.2 Å². The van der Waals surface area contributed by atoms with Gasteiger partial charge in [-0.15, -0.1) is 0 Å². The monoisotopic (exact) mass is 241 g/mol. The number of carbonyl (C=O) groups is 1. The van der Waals surface area contributed by atoms with Gasteiger partial charge in [-0.3, -0.25) is 4.79 Å². The van der Waals surface area contributed by atoms with Crippen LogP contribution in [0.3, 0.4) is 0 Å². The van der Waals surface area contributed by atoms with Crippen LogP contribution in [-0.2, 0) is 4.79 Å². The lowest BCUT2D eigenvalue weighted by Gasteiger charge is -2.11. The van der Waals surface area contributed by atoms with Crippen molar-refractivity contribution in [3.05, 3.63) is 29.3 Å². The number of nitrogens with two attached hydrogens (primary N) is 1. The van der Waals surface area contributed by atoms with Crippen molar-refractivity contribution in [3.8, 4) is 0 Å². The Morgan fingerprint density at radius 1 is 1.54 bits per heavy atom. The number of benzene rings is 1. The molecule has 1 atom stereocenters. The Labute approximate surface area is 86.3 Å². The number of Topliss-reactive ketones (excluding diaryl/α,β-unsaturated/α-hetero) is 1. The van der Waals surface area contributed by atoms with Crippen LogP contribution in [0.4, 0.5) is 5.69 Å². The van der Waals surface area contributed by atoms with E-state index < -0.39 is 0 Å². The van der Waals surface area contributed by atoms with Crippen molar-refractivity contribution in [1.29, 1.82) is 0 Å². The molecule has 0 fully saturated rings. The van der Waals surface area contributed by atoms with E-state index in [4.69, 9.17) is 5.73 Å². The first-order valence-corrected chi connectivity index (χ1v) is 4.95. The van der Waals surface area contributed by atoms with Gasteiger partial charge in [0.05, 0.1) is 4.83 Å². The molecule has 0 aliphatic heterocycles. The number of hydrogen-bond acceptors (Lipinski definition) is 2. The van der Waals surface area contributed by atoms with Crippen molar-refractivity contribution in [2.45, 2.75) is 18.7 Å². The molecule has 0 radical (unpaired) electrons. The Morgan fingerprint density at radius 3 is 2.69 bits per heavy atom. The molecule has 0 spiro atoms. The fraction of sp³-hybridized carbons (Fsp3) is 0.300. The summed E-state index contributed by atoms with van der Waals surface area (Å²) < 4.78 is 0. The van der Waals surface area contributed by atoms with E-state index in [1.165, 1.54) is 0 Å². The minimum absolute atomic E-state index is 0.0914. The molecule has 3 heteroatoms. The third kappa shape index (κ3) is 2.10. The molecule has 1 aromatic carbocycles. The first-order chi connectivity index (χ1) is 6.04. The fourth-order valence-electron chi connectivity index (χ4n) is 1.17. The van der Waals surface area contributed by atoms with Gasteiger partial charge >= 0.3 is 0 Å². The number of halogens is 1. The second-order valence-corrected chi connectivity index (χ2v) is 3.95. The van der Waals surface area contributed by atoms with Gasteiger partial charge in [-0.1, -0.05) is 28.1 Å². The molecule has 0 saturated heterocycles. The number of hydrogen-bond donors (Lipinski definition) is 1. The van der Waals surface area contributed by atoms with Gasteiger partial charge in [0.2, 0.25) is 0 Å². The van der Waals surface area contributed by atoms with E-state index in [1.807, 2.05) is 25.1 Å². The predicted octanol–water partition coefficient (Wildman–Crippen LogP) is 2.60. The minimum atomic E-state index is -0.240. The normalized spacial score (nSPS) is 12.5. The number of rotatable bonds is 2. The second-order valence-electron chi connectivity index (χ2n) is 3.03. The lowest BCUT2D eigenvalue weighted by Crippen LogP contribution is -2.04. The Balaban J connectivity index is 3.15. The third-order valence-corrected chi connectivity index (χ3v) is 3.19. The van der Waals surface area contributed by atoms with E-state index in [-0.39, 0.29) is 10.6 Å². The zero-order valence-electron chi connectivity index (χ0n) is 7.67. The van der Waals surface area contributed by atoms with Gasteiger partial charge < -0.3 is 5.73 Å². The first kappa shape index (κ1) is 10.3.